The summed E-state index contributed by atoms with van der Waals surface area (Å²) < 4.78 is 28.0. The Bertz CT molecular complexity index is 927. The minimum atomic E-state index is -2.14. The molecular weight excluding hydrogens is 370 g/mol. The molecule has 4 nitrogen and oxygen atoms in total. The number of nitrogens with two attached hydrogens (primary N) is 1. The fraction of sp³-hybridized carbons (Fsp3) is 0.200. The number of para-hydroxylation sites is 1. The number of fused-ring (bicyclic) bond motifs is 1. The van der Waals surface area contributed by atoms with Crippen LogP contribution in [0.25, 0.3) is 10.8 Å². The zero-order valence-corrected chi connectivity index (χ0v) is 15.7. The van der Waals surface area contributed by atoms with Gasteiger partial charge in [-0.05, 0) is 28.8 Å². The molecule has 0 aliphatic carbocycles. The molecule has 0 spiro atoms. The normalized spacial score (nSPS) is 13.5. The van der Waals surface area contributed by atoms with Gasteiger partial charge in [-0.3, -0.25) is 0 Å². The SMILES string of the molecule is Nc1c(OCCCCl)cccc1C(c1cccc2ccccc12)S(=O)O. The number of hydrogen-bond donors (Lipinski definition) is 2. The van der Waals surface area contributed by atoms with Crippen LogP contribution in [-0.2, 0) is 11.1 Å². The molecular formula is C20H20ClNO3S. The third-order valence-corrected chi connectivity index (χ3v) is 5.40. The van der Waals surface area contributed by atoms with E-state index < -0.39 is 16.3 Å². The van der Waals surface area contributed by atoms with Crippen LogP contribution in [0, 0.1) is 0 Å². The lowest BCUT2D eigenvalue weighted by Gasteiger charge is -2.20. The Balaban J connectivity index is 2.09. The molecule has 2 atom stereocenters. The van der Waals surface area contributed by atoms with E-state index in [0.717, 1.165) is 16.3 Å². The summed E-state index contributed by atoms with van der Waals surface area (Å²) >= 11 is 3.54. The first-order valence-corrected chi connectivity index (χ1v) is 9.98. The Kier molecular flexibility index (Phi) is 6.14. The second kappa shape index (κ2) is 8.54. The van der Waals surface area contributed by atoms with Crippen molar-refractivity contribution in [3.63, 3.8) is 0 Å². The summed E-state index contributed by atoms with van der Waals surface area (Å²) in [6.07, 6.45) is 0.698. The van der Waals surface area contributed by atoms with Gasteiger partial charge in [-0.2, -0.15) is 0 Å². The molecule has 0 heterocycles. The minimum absolute atomic E-state index is 0.377. The van der Waals surface area contributed by atoms with Crippen molar-refractivity contribution in [1.82, 2.24) is 0 Å². The van der Waals surface area contributed by atoms with E-state index in [-0.39, 0.29) is 0 Å². The van der Waals surface area contributed by atoms with Crippen LogP contribution in [0.2, 0.25) is 0 Å². The lowest BCUT2D eigenvalue weighted by Crippen LogP contribution is -2.12. The molecule has 0 aromatic heterocycles. The van der Waals surface area contributed by atoms with E-state index in [1.54, 1.807) is 18.2 Å². The monoisotopic (exact) mass is 389 g/mol. The van der Waals surface area contributed by atoms with E-state index in [0.29, 0.717) is 35.9 Å². The molecule has 0 saturated heterocycles. The summed E-state index contributed by atoms with van der Waals surface area (Å²) in [5.74, 6) is 1.00. The van der Waals surface area contributed by atoms with Crippen molar-refractivity contribution >= 4 is 39.1 Å². The summed E-state index contributed by atoms with van der Waals surface area (Å²) in [5.41, 5.74) is 7.99. The first kappa shape index (κ1) is 18.7. The Hall–Kier alpha value is -2.08. The lowest BCUT2D eigenvalue weighted by molar-refractivity contribution is 0.320. The van der Waals surface area contributed by atoms with Crippen molar-refractivity contribution in [2.24, 2.45) is 0 Å². The van der Waals surface area contributed by atoms with Crippen molar-refractivity contribution in [3.8, 4) is 5.75 Å². The highest BCUT2D eigenvalue weighted by Gasteiger charge is 2.25. The van der Waals surface area contributed by atoms with Gasteiger partial charge in [0.2, 0.25) is 0 Å². The average molecular weight is 390 g/mol. The van der Waals surface area contributed by atoms with Gasteiger partial charge in [0.25, 0.3) is 0 Å². The maximum atomic E-state index is 12.3. The first-order chi connectivity index (χ1) is 12.6. The van der Waals surface area contributed by atoms with E-state index in [2.05, 4.69) is 0 Å². The van der Waals surface area contributed by atoms with E-state index in [1.165, 1.54) is 0 Å². The smallest absolute Gasteiger partial charge is 0.165 e. The van der Waals surface area contributed by atoms with Crippen molar-refractivity contribution in [2.45, 2.75) is 11.7 Å². The zero-order valence-electron chi connectivity index (χ0n) is 14.1. The van der Waals surface area contributed by atoms with Crippen LogP contribution in [0.4, 0.5) is 5.69 Å². The van der Waals surface area contributed by atoms with Gasteiger partial charge in [0, 0.05) is 11.4 Å². The van der Waals surface area contributed by atoms with Crippen LogP contribution in [0.1, 0.15) is 22.8 Å². The van der Waals surface area contributed by atoms with Crippen LogP contribution in [-0.4, -0.2) is 21.2 Å². The van der Waals surface area contributed by atoms with Crippen LogP contribution < -0.4 is 10.5 Å². The minimum Gasteiger partial charge on any atom is -0.491 e. The molecule has 136 valence electrons. The van der Waals surface area contributed by atoms with Crippen molar-refractivity contribution in [3.05, 3.63) is 71.8 Å². The number of ether oxygens (including phenoxy) is 1. The summed E-state index contributed by atoms with van der Waals surface area (Å²) in [5, 5.41) is 1.17. The van der Waals surface area contributed by atoms with Gasteiger partial charge in [-0.15, -0.1) is 11.6 Å². The summed E-state index contributed by atoms with van der Waals surface area (Å²) in [4.78, 5) is 0. The number of hydrogen-bond acceptors (Lipinski definition) is 3. The fourth-order valence-electron chi connectivity index (χ4n) is 3.02. The quantitative estimate of drug-likeness (QED) is 0.265. The second-order valence-electron chi connectivity index (χ2n) is 5.87. The van der Waals surface area contributed by atoms with E-state index in [1.807, 2.05) is 42.5 Å². The largest absolute Gasteiger partial charge is 0.491 e. The lowest BCUT2D eigenvalue weighted by atomic mass is 9.97. The summed E-state index contributed by atoms with van der Waals surface area (Å²) in [6.45, 7) is 0.443. The predicted molar refractivity (Wildman–Crippen MR) is 108 cm³/mol. The number of rotatable bonds is 7. The summed E-state index contributed by atoms with van der Waals surface area (Å²) in [7, 11) is 0. The third-order valence-electron chi connectivity index (χ3n) is 4.23. The van der Waals surface area contributed by atoms with E-state index >= 15 is 0 Å². The van der Waals surface area contributed by atoms with Crippen LogP contribution in [0.15, 0.2) is 60.7 Å². The number of benzene rings is 3. The molecule has 3 N–H and O–H groups in total. The molecule has 0 bridgehead atoms. The number of alkyl halides is 1. The Morgan fingerprint density at radius 1 is 1.04 bits per heavy atom. The first-order valence-electron chi connectivity index (χ1n) is 8.28. The molecule has 0 aliphatic rings. The maximum Gasteiger partial charge on any atom is 0.165 e. The number of nitrogen functional groups attached to an aromatic ring is 1. The highest BCUT2D eigenvalue weighted by molar-refractivity contribution is 7.79. The fourth-order valence-corrected chi connectivity index (χ4v) is 3.97. The standard InChI is InChI=1S/C20H20ClNO3S/c21-12-5-13-25-18-11-4-10-17(19(18)22)20(26(23)24)16-9-3-7-14-6-1-2-8-15(14)16/h1-4,6-11,20H,5,12-13,22H2,(H,23,24). The molecule has 0 aliphatic heterocycles. The third kappa shape index (κ3) is 3.85. The van der Waals surface area contributed by atoms with Crippen LogP contribution in [0.5, 0.6) is 5.75 Å². The van der Waals surface area contributed by atoms with E-state index in [9.17, 15) is 8.76 Å². The van der Waals surface area contributed by atoms with Gasteiger partial charge in [0.1, 0.15) is 11.0 Å². The second-order valence-corrected chi connectivity index (χ2v) is 7.28. The molecule has 2 unspecified atom stereocenters. The highest BCUT2D eigenvalue weighted by Crippen LogP contribution is 2.38. The van der Waals surface area contributed by atoms with Crippen molar-refractivity contribution in [2.75, 3.05) is 18.2 Å². The molecule has 0 amide bonds. The Morgan fingerprint density at radius 2 is 1.73 bits per heavy atom. The Morgan fingerprint density at radius 3 is 2.50 bits per heavy atom. The van der Waals surface area contributed by atoms with Gasteiger partial charge < -0.3 is 15.0 Å². The molecule has 3 aromatic rings. The molecule has 3 aromatic carbocycles. The van der Waals surface area contributed by atoms with Gasteiger partial charge in [-0.25, -0.2) is 4.21 Å². The van der Waals surface area contributed by atoms with Gasteiger partial charge in [0.05, 0.1) is 12.3 Å². The molecule has 0 fully saturated rings. The Labute approximate surface area is 160 Å². The molecule has 26 heavy (non-hydrogen) atoms. The van der Waals surface area contributed by atoms with Crippen molar-refractivity contribution in [1.29, 1.82) is 0 Å². The molecule has 6 heteroatoms. The zero-order chi connectivity index (χ0) is 18.5. The van der Waals surface area contributed by atoms with E-state index in [4.69, 9.17) is 22.1 Å². The molecule has 0 radical (unpaired) electrons. The molecule has 3 rings (SSSR count). The van der Waals surface area contributed by atoms with Crippen LogP contribution >= 0.6 is 11.6 Å². The summed E-state index contributed by atoms with van der Waals surface area (Å²) in [6, 6.07) is 18.8. The average Bonchev–Trinajstić information content (AvgIpc) is 2.65. The maximum absolute atomic E-state index is 12.3. The van der Waals surface area contributed by atoms with Gasteiger partial charge in [-0.1, -0.05) is 54.6 Å². The molecule has 0 saturated carbocycles. The topological polar surface area (TPSA) is 72.5 Å². The predicted octanol–water partition coefficient (Wildman–Crippen LogP) is 4.74. The number of halogens is 1. The highest BCUT2D eigenvalue weighted by atomic mass is 35.5. The van der Waals surface area contributed by atoms with Crippen molar-refractivity contribution < 1.29 is 13.5 Å². The number of anilines is 1. The van der Waals surface area contributed by atoms with Crippen LogP contribution in [0.3, 0.4) is 0 Å². The van der Waals surface area contributed by atoms with Gasteiger partial charge in [0.15, 0.2) is 11.1 Å². The van der Waals surface area contributed by atoms with Gasteiger partial charge >= 0.3 is 0 Å².